The number of benzene rings is 1. The Labute approximate surface area is 109 Å². The van der Waals surface area contributed by atoms with Gasteiger partial charge in [0.1, 0.15) is 0 Å². The highest BCUT2D eigenvalue weighted by Gasteiger charge is 2.17. The van der Waals surface area contributed by atoms with Gasteiger partial charge in [-0.3, -0.25) is 0 Å². The SMILES string of the molecule is C#CC(CC)NS(=O)(=O)c1ccc(CCN)cc1. The van der Waals surface area contributed by atoms with E-state index in [1.165, 1.54) is 0 Å². The van der Waals surface area contributed by atoms with Crippen LogP contribution in [0.15, 0.2) is 29.2 Å². The average Bonchev–Trinajstić information content (AvgIpc) is 2.37. The lowest BCUT2D eigenvalue weighted by atomic mass is 10.2. The zero-order valence-corrected chi connectivity index (χ0v) is 11.2. The van der Waals surface area contributed by atoms with Crippen molar-refractivity contribution in [1.82, 2.24) is 4.72 Å². The minimum atomic E-state index is -3.54. The summed E-state index contributed by atoms with van der Waals surface area (Å²) >= 11 is 0. The minimum Gasteiger partial charge on any atom is -0.330 e. The molecule has 0 aromatic heterocycles. The molecule has 3 N–H and O–H groups in total. The van der Waals surface area contributed by atoms with Gasteiger partial charge in [0.05, 0.1) is 10.9 Å². The molecule has 1 atom stereocenters. The van der Waals surface area contributed by atoms with Gasteiger partial charge in [-0.2, -0.15) is 4.72 Å². The van der Waals surface area contributed by atoms with Gasteiger partial charge in [-0.25, -0.2) is 8.42 Å². The second-order valence-corrected chi connectivity index (χ2v) is 5.65. The van der Waals surface area contributed by atoms with E-state index in [0.29, 0.717) is 13.0 Å². The Bertz CT molecular complexity index is 515. The van der Waals surface area contributed by atoms with Crippen molar-refractivity contribution in [3.8, 4) is 12.3 Å². The normalized spacial score (nSPS) is 12.9. The first-order valence-corrected chi connectivity index (χ1v) is 7.29. The molecule has 4 nitrogen and oxygen atoms in total. The van der Waals surface area contributed by atoms with Crippen LogP contribution in [0.2, 0.25) is 0 Å². The summed E-state index contributed by atoms with van der Waals surface area (Å²) in [7, 11) is -3.54. The van der Waals surface area contributed by atoms with E-state index in [1.54, 1.807) is 24.3 Å². The molecule has 18 heavy (non-hydrogen) atoms. The highest BCUT2D eigenvalue weighted by atomic mass is 32.2. The smallest absolute Gasteiger partial charge is 0.241 e. The maximum absolute atomic E-state index is 12.0. The summed E-state index contributed by atoms with van der Waals surface area (Å²) < 4.78 is 26.5. The fourth-order valence-electron chi connectivity index (χ4n) is 1.49. The zero-order chi connectivity index (χ0) is 13.6. The predicted octanol–water partition coefficient (Wildman–Crippen LogP) is 0.878. The quantitative estimate of drug-likeness (QED) is 0.751. The standard InChI is InChI=1S/C13H18N2O2S/c1-3-12(4-2)15-18(16,17)13-7-5-11(6-8-13)9-10-14/h1,5-8,12,15H,4,9-10,14H2,2H3. The summed E-state index contributed by atoms with van der Waals surface area (Å²) in [6.07, 6.45) is 6.53. The van der Waals surface area contributed by atoms with Gasteiger partial charge < -0.3 is 5.73 Å². The predicted molar refractivity (Wildman–Crippen MR) is 72.4 cm³/mol. The molecule has 1 aromatic rings. The number of sulfonamides is 1. The van der Waals surface area contributed by atoms with Crippen LogP contribution in [0.3, 0.4) is 0 Å². The van der Waals surface area contributed by atoms with E-state index >= 15 is 0 Å². The molecule has 0 amide bonds. The van der Waals surface area contributed by atoms with Crippen LogP contribution in [0, 0.1) is 12.3 Å². The number of hydrogen-bond acceptors (Lipinski definition) is 3. The molecule has 0 spiro atoms. The second kappa shape index (κ2) is 6.55. The fraction of sp³-hybridized carbons (Fsp3) is 0.385. The van der Waals surface area contributed by atoms with Crippen molar-refractivity contribution in [3.63, 3.8) is 0 Å². The van der Waals surface area contributed by atoms with Crippen molar-refractivity contribution in [2.45, 2.75) is 30.7 Å². The van der Waals surface area contributed by atoms with E-state index in [9.17, 15) is 8.42 Å². The van der Waals surface area contributed by atoms with Gasteiger partial charge in [-0.05, 0) is 37.1 Å². The van der Waals surface area contributed by atoms with Gasteiger partial charge in [0.25, 0.3) is 0 Å². The summed E-state index contributed by atoms with van der Waals surface area (Å²) in [5, 5.41) is 0. The molecule has 98 valence electrons. The molecule has 0 aliphatic carbocycles. The topological polar surface area (TPSA) is 72.2 Å². The number of terminal acetylenes is 1. The van der Waals surface area contributed by atoms with Crippen molar-refractivity contribution in [2.75, 3.05) is 6.54 Å². The highest BCUT2D eigenvalue weighted by Crippen LogP contribution is 2.11. The minimum absolute atomic E-state index is 0.219. The number of nitrogens with two attached hydrogens (primary N) is 1. The summed E-state index contributed by atoms with van der Waals surface area (Å²) in [6, 6.07) is 6.18. The third-order valence-electron chi connectivity index (χ3n) is 2.57. The molecule has 1 aromatic carbocycles. The summed E-state index contributed by atoms with van der Waals surface area (Å²) in [6.45, 7) is 2.37. The van der Waals surface area contributed by atoms with Gasteiger partial charge in [0.15, 0.2) is 0 Å². The number of nitrogens with one attached hydrogen (secondary N) is 1. The summed E-state index contributed by atoms with van der Waals surface area (Å²) in [4.78, 5) is 0.219. The molecular weight excluding hydrogens is 248 g/mol. The van der Waals surface area contributed by atoms with Gasteiger partial charge in [0, 0.05) is 0 Å². The Morgan fingerprint density at radius 1 is 1.39 bits per heavy atom. The summed E-state index contributed by atoms with van der Waals surface area (Å²) in [5.74, 6) is 2.40. The van der Waals surface area contributed by atoms with E-state index in [1.807, 2.05) is 6.92 Å². The van der Waals surface area contributed by atoms with Crippen LogP contribution in [-0.4, -0.2) is 21.0 Å². The Balaban J connectivity index is 2.89. The number of hydrogen-bond donors (Lipinski definition) is 2. The van der Waals surface area contributed by atoms with E-state index in [4.69, 9.17) is 12.2 Å². The van der Waals surface area contributed by atoms with Crippen LogP contribution in [-0.2, 0) is 16.4 Å². The van der Waals surface area contributed by atoms with Crippen LogP contribution in [0.1, 0.15) is 18.9 Å². The van der Waals surface area contributed by atoms with Crippen molar-refractivity contribution in [3.05, 3.63) is 29.8 Å². The Morgan fingerprint density at radius 3 is 2.44 bits per heavy atom. The van der Waals surface area contributed by atoms with Gasteiger partial charge in [-0.15, -0.1) is 6.42 Å². The largest absolute Gasteiger partial charge is 0.330 e. The van der Waals surface area contributed by atoms with E-state index in [0.717, 1.165) is 12.0 Å². The molecule has 0 saturated carbocycles. The van der Waals surface area contributed by atoms with E-state index in [-0.39, 0.29) is 4.90 Å². The molecule has 1 rings (SSSR count). The number of rotatable bonds is 6. The Morgan fingerprint density at radius 2 is 2.00 bits per heavy atom. The molecular formula is C13H18N2O2S. The van der Waals surface area contributed by atoms with Crippen molar-refractivity contribution in [2.24, 2.45) is 5.73 Å². The van der Waals surface area contributed by atoms with Crippen molar-refractivity contribution in [1.29, 1.82) is 0 Å². The highest BCUT2D eigenvalue weighted by molar-refractivity contribution is 7.89. The Hall–Kier alpha value is -1.35. The molecule has 0 radical (unpaired) electrons. The second-order valence-electron chi connectivity index (χ2n) is 3.93. The lowest BCUT2D eigenvalue weighted by Crippen LogP contribution is -2.33. The van der Waals surface area contributed by atoms with Crippen LogP contribution in [0.4, 0.5) is 0 Å². The fourth-order valence-corrected chi connectivity index (χ4v) is 2.73. The molecule has 5 heteroatoms. The monoisotopic (exact) mass is 266 g/mol. The average molecular weight is 266 g/mol. The van der Waals surface area contributed by atoms with Crippen LogP contribution < -0.4 is 10.5 Å². The Kier molecular flexibility index (Phi) is 5.35. The first kappa shape index (κ1) is 14.7. The molecule has 0 heterocycles. The molecule has 0 aliphatic rings. The van der Waals surface area contributed by atoms with Crippen LogP contribution in [0.25, 0.3) is 0 Å². The summed E-state index contributed by atoms with van der Waals surface area (Å²) in [5.41, 5.74) is 6.45. The first-order chi connectivity index (χ1) is 8.53. The molecule has 0 bridgehead atoms. The third-order valence-corrected chi connectivity index (χ3v) is 4.06. The maximum Gasteiger partial charge on any atom is 0.241 e. The maximum atomic E-state index is 12.0. The molecule has 0 saturated heterocycles. The van der Waals surface area contributed by atoms with Crippen LogP contribution in [0.5, 0.6) is 0 Å². The van der Waals surface area contributed by atoms with Crippen molar-refractivity contribution >= 4 is 10.0 Å². The van der Waals surface area contributed by atoms with E-state index < -0.39 is 16.1 Å². The lowest BCUT2D eigenvalue weighted by molar-refractivity contribution is 0.570. The zero-order valence-electron chi connectivity index (χ0n) is 10.4. The first-order valence-electron chi connectivity index (χ1n) is 5.81. The van der Waals surface area contributed by atoms with Crippen molar-refractivity contribution < 1.29 is 8.42 Å². The van der Waals surface area contributed by atoms with Gasteiger partial charge >= 0.3 is 0 Å². The molecule has 1 unspecified atom stereocenters. The molecule has 0 fully saturated rings. The van der Waals surface area contributed by atoms with Crippen LogP contribution >= 0.6 is 0 Å². The lowest BCUT2D eigenvalue weighted by Gasteiger charge is -2.11. The third kappa shape index (κ3) is 3.84. The van der Waals surface area contributed by atoms with Gasteiger partial charge in [0.2, 0.25) is 10.0 Å². The van der Waals surface area contributed by atoms with Gasteiger partial charge in [-0.1, -0.05) is 25.0 Å². The van der Waals surface area contributed by atoms with E-state index in [2.05, 4.69) is 10.6 Å². The molecule has 0 aliphatic heterocycles.